The highest BCUT2D eigenvalue weighted by Crippen LogP contribution is 2.23. The lowest BCUT2D eigenvalue weighted by Gasteiger charge is -2.16. The molecule has 3 heterocycles. The predicted molar refractivity (Wildman–Crippen MR) is 97.2 cm³/mol. The fourth-order valence-corrected chi connectivity index (χ4v) is 4.57. The summed E-state index contributed by atoms with van der Waals surface area (Å²) in [6.45, 7) is 2.31. The van der Waals surface area contributed by atoms with E-state index in [9.17, 15) is 8.42 Å². The van der Waals surface area contributed by atoms with Gasteiger partial charge in [-0.05, 0) is 18.4 Å². The van der Waals surface area contributed by atoms with Crippen LogP contribution in [0.2, 0.25) is 0 Å². The van der Waals surface area contributed by atoms with Crippen molar-refractivity contribution in [2.24, 2.45) is 7.05 Å². The molecule has 0 aliphatic rings. The highest BCUT2D eigenvalue weighted by molar-refractivity contribution is 7.93. The van der Waals surface area contributed by atoms with Crippen LogP contribution in [0.5, 0.6) is 0 Å². The van der Waals surface area contributed by atoms with E-state index in [2.05, 4.69) is 19.7 Å². The summed E-state index contributed by atoms with van der Waals surface area (Å²) in [4.78, 5) is 15.6. The Bertz CT molecular complexity index is 962. The molecule has 8 nitrogen and oxygen atoms in total. The number of anilines is 2. The van der Waals surface area contributed by atoms with Gasteiger partial charge in [-0.15, -0.1) is 11.3 Å². The van der Waals surface area contributed by atoms with E-state index in [0.717, 1.165) is 10.7 Å². The Balaban J connectivity index is 1.72. The summed E-state index contributed by atoms with van der Waals surface area (Å²) in [7, 11) is 0.141. The second-order valence-corrected chi connectivity index (χ2v) is 8.30. The Morgan fingerprint density at radius 2 is 2.00 bits per heavy atom. The Morgan fingerprint density at radius 3 is 2.56 bits per heavy atom. The first-order valence-corrected chi connectivity index (χ1v) is 9.79. The van der Waals surface area contributed by atoms with Crippen LogP contribution < -0.4 is 9.62 Å². The minimum Gasteiger partial charge on any atom is -0.337 e. The van der Waals surface area contributed by atoms with Crippen LogP contribution in [0.3, 0.4) is 0 Å². The molecule has 0 amide bonds. The second kappa shape index (κ2) is 6.81. The number of aromatic nitrogens is 4. The van der Waals surface area contributed by atoms with E-state index in [1.54, 1.807) is 24.6 Å². The molecule has 0 bridgehead atoms. The Labute approximate surface area is 150 Å². The molecule has 3 aromatic heterocycles. The molecule has 0 atom stereocenters. The minimum atomic E-state index is -3.63. The van der Waals surface area contributed by atoms with Gasteiger partial charge >= 0.3 is 0 Å². The minimum absolute atomic E-state index is 0.272. The highest BCUT2D eigenvalue weighted by atomic mass is 32.2. The molecule has 0 fully saturated rings. The van der Waals surface area contributed by atoms with Gasteiger partial charge < -0.3 is 9.47 Å². The van der Waals surface area contributed by atoms with Gasteiger partial charge in [0.1, 0.15) is 10.7 Å². The number of imidazole rings is 1. The van der Waals surface area contributed by atoms with Crippen LogP contribution in [0.4, 0.5) is 11.6 Å². The summed E-state index contributed by atoms with van der Waals surface area (Å²) in [6.07, 6.45) is 6.51. The number of rotatable bonds is 6. The highest BCUT2D eigenvalue weighted by Gasteiger charge is 2.18. The molecule has 0 radical (unpaired) electrons. The van der Waals surface area contributed by atoms with Gasteiger partial charge in [0.2, 0.25) is 5.95 Å². The fraction of sp³-hybridized carbons (Fsp3) is 0.267. The van der Waals surface area contributed by atoms with Crippen molar-refractivity contribution in [2.45, 2.75) is 18.4 Å². The summed E-state index contributed by atoms with van der Waals surface area (Å²) < 4.78 is 29.2. The van der Waals surface area contributed by atoms with Crippen LogP contribution in [0, 0.1) is 6.92 Å². The third-order valence-corrected chi connectivity index (χ3v) is 6.13. The molecule has 0 aromatic carbocycles. The molecule has 3 aromatic rings. The van der Waals surface area contributed by atoms with Gasteiger partial charge in [0.15, 0.2) is 0 Å². The molecule has 0 saturated carbocycles. The number of thiophene rings is 1. The SMILES string of the molecule is Cc1sccc1S(=O)(=O)Nc1cnc(N(C)Cc2nccn2C)nc1. The lowest BCUT2D eigenvalue weighted by atomic mass is 10.5. The van der Waals surface area contributed by atoms with Crippen LogP contribution in [0.1, 0.15) is 10.7 Å². The first-order valence-electron chi connectivity index (χ1n) is 7.43. The molecule has 1 N–H and O–H groups in total. The molecule has 10 heteroatoms. The van der Waals surface area contributed by atoms with Crippen molar-refractivity contribution in [3.8, 4) is 0 Å². The third-order valence-electron chi connectivity index (χ3n) is 3.63. The zero-order valence-corrected chi connectivity index (χ0v) is 15.7. The van der Waals surface area contributed by atoms with Gasteiger partial charge in [-0.1, -0.05) is 0 Å². The molecular weight excluding hydrogens is 360 g/mol. The summed E-state index contributed by atoms with van der Waals surface area (Å²) >= 11 is 1.39. The standard InChI is InChI=1S/C15H18N6O2S2/c1-11-13(4-7-24-11)25(22,23)19-12-8-17-15(18-9-12)21(3)10-14-16-5-6-20(14)2/h4-9,19H,10H2,1-3H3. The molecule has 0 aliphatic carbocycles. The van der Waals surface area contributed by atoms with Gasteiger partial charge in [-0.3, -0.25) is 4.72 Å². The van der Waals surface area contributed by atoms with E-state index in [1.807, 2.05) is 29.8 Å². The lowest BCUT2D eigenvalue weighted by Crippen LogP contribution is -2.21. The maximum absolute atomic E-state index is 12.4. The lowest BCUT2D eigenvalue weighted by molar-refractivity contribution is 0.601. The first kappa shape index (κ1) is 17.4. The molecule has 25 heavy (non-hydrogen) atoms. The second-order valence-electron chi connectivity index (χ2n) is 5.53. The first-order chi connectivity index (χ1) is 11.9. The van der Waals surface area contributed by atoms with Crippen molar-refractivity contribution < 1.29 is 8.42 Å². The average molecular weight is 378 g/mol. The van der Waals surface area contributed by atoms with Gasteiger partial charge in [0, 0.05) is 31.4 Å². The Hall–Kier alpha value is -2.46. The average Bonchev–Trinajstić information content (AvgIpc) is 3.17. The van der Waals surface area contributed by atoms with E-state index in [-0.39, 0.29) is 4.90 Å². The van der Waals surface area contributed by atoms with Crippen LogP contribution >= 0.6 is 11.3 Å². The van der Waals surface area contributed by atoms with Crippen molar-refractivity contribution in [3.63, 3.8) is 0 Å². The van der Waals surface area contributed by atoms with Crippen molar-refractivity contribution >= 4 is 33.0 Å². The normalized spacial score (nSPS) is 11.5. The largest absolute Gasteiger partial charge is 0.337 e. The number of nitrogens with zero attached hydrogens (tertiary/aromatic N) is 5. The number of sulfonamides is 1. The van der Waals surface area contributed by atoms with Gasteiger partial charge in [0.05, 0.1) is 24.6 Å². The van der Waals surface area contributed by atoms with Crippen LogP contribution in [-0.4, -0.2) is 35.0 Å². The Kier molecular flexibility index (Phi) is 4.73. The maximum Gasteiger partial charge on any atom is 0.263 e. The van der Waals surface area contributed by atoms with E-state index < -0.39 is 10.0 Å². The van der Waals surface area contributed by atoms with Crippen LogP contribution in [0.25, 0.3) is 0 Å². The van der Waals surface area contributed by atoms with Crippen molar-refractivity contribution in [3.05, 3.63) is 46.9 Å². The molecule has 0 spiro atoms. The number of aryl methyl sites for hydroxylation is 2. The van der Waals surface area contributed by atoms with Crippen molar-refractivity contribution in [2.75, 3.05) is 16.7 Å². The van der Waals surface area contributed by atoms with E-state index in [0.29, 0.717) is 18.2 Å². The van der Waals surface area contributed by atoms with E-state index in [1.165, 1.54) is 23.7 Å². The smallest absolute Gasteiger partial charge is 0.263 e. The predicted octanol–water partition coefficient (Wildman–Crippen LogP) is 2.02. The molecule has 0 unspecified atom stereocenters. The molecule has 0 aliphatic heterocycles. The monoisotopic (exact) mass is 378 g/mol. The van der Waals surface area contributed by atoms with Crippen molar-refractivity contribution in [1.82, 2.24) is 19.5 Å². The fourth-order valence-electron chi connectivity index (χ4n) is 2.26. The number of hydrogen-bond acceptors (Lipinski definition) is 7. The number of hydrogen-bond donors (Lipinski definition) is 1. The van der Waals surface area contributed by atoms with E-state index in [4.69, 9.17) is 0 Å². The zero-order valence-electron chi connectivity index (χ0n) is 14.0. The van der Waals surface area contributed by atoms with Crippen LogP contribution in [-0.2, 0) is 23.6 Å². The zero-order chi connectivity index (χ0) is 18.0. The molecular formula is C15H18N6O2S2. The topological polar surface area (TPSA) is 93.0 Å². The molecule has 0 saturated heterocycles. The van der Waals surface area contributed by atoms with Gasteiger partial charge in [-0.25, -0.2) is 23.4 Å². The van der Waals surface area contributed by atoms with Gasteiger partial charge in [-0.2, -0.15) is 0 Å². The summed E-state index contributed by atoms with van der Waals surface area (Å²) in [5.74, 6) is 1.36. The summed E-state index contributed by atoms with van der Waals surface area (Å²) in [5, 5.41) is 1.75. The third kappa shape index (κ3) is 3.80. The molecule has 3 rings (SSSR count). The summed E-state index contributed by atoms with van der Waals surface area (Å²) in [5.41, 5.74) is 0.319. The maximum atomic E-state index is 12.4. The quantitative estimate of drug-likeness (QED) is 0.705. The molecule has 132 valence electrons. The van der Waals surface area contributed by atoms with Crippen LogP contribution in [0.15, 0.2) is 41.1 Å². The van der Waals surface area contributed by atoms with E-state index >= 15 is 0 Å². The Morgan fingerprint density at radius 1 is 1.28 bits per heavy atom. The van der Waals surface area contributed by atoms with Gasteiger partial charge in [0.25, 0.3) is 10.0 Å². The van der Waals surface area contributed by atoms with Crippen molar-refractivity contribution in [1.29, 1.82) is 0 Å². The number of nitrogens with one attached hydrogen (secondary N) is 1. The summed E-state index contributed by atoms with van der Waals surface area (Å²) in [6, 6.07) is 1.58.